The first kappa shape index (κ1) is 19.5. The molecule has 2 aromatic rings. The van der Waals surface area contributed by atoms with Crippen molar-refractivity contribution in [3.63, 3.8) is 0 Å². The Bertz CT molecular complexity index is 812. The zero-order valence-electron chi connectivity index (χ0n) is 17.0. The van der Waals surface area contributed by atoms with Gasteiger partial charge in [-0.25, -0.2) is 0 Å². The Hall–Kier alpha value is -2.29. The van der Waals surface area contributed by atoms with Gasteiger partial charge in [-0.3, -0.25) is 4.79 Å². The Balaban J connectivity index is 1.70. The summed E-state index contributed by atoms with van der Waals surface area (Å²) in [6.45, 7) is 8.13. The van der Waals surface area contributed by atoms with Gasteiger partial charge in [-0.1, -0.05) is 42.8 Å². The fourth-order valence-electron chi connectivity index (χ4n) is 4.01. The molecule has 0 unspecified atom stereocenters. The quantitative estimate of drug-likeness (QED) is 0.762. The lowest BCUT2D eigenvalue weighted by Crippen LogP contribution is -2.38. The number of hydrogen-bond donors (Lipinski definition) is 1. The van der Waals surface area contributed by atoms with E-state index in [0.29, 0.717) is 0 Å². The van der Waals surface area contributed by atoms with Gasteiger partial charge in [0.15, 0.2) is 6.10 Å². The standard InChI is InChI=1S/C24H31NO2/c1-5-22(20-14-13-16(2)15-17(20)3)25-24(26)18(4)27-23-12-8-10-19-9-6-7-11-21(19)23/h8,10,12-15,18,22H,5-7,9,11H2,1-4H3,(H,25,26)/t18-,22-/m0/s1. The highest BCUT2D eigenvalue weighted by atomic mass is 16.5. The van der Waals surface area contributed by atoms with Crippen LogP contribution in [0.5, 0.6) is 5.75 Å². The van der Waals surface area contributed by atoms with Crippen molar-refractivity contribution in [3.05, 3.63) is 64.2 Å². The van der Waals surface area contributed by atoms with Crippen LogP contribution in [0.4, 0.5) is 0 Å². The molecule has 3 nitrogen and oxygen atoms in total. The Labute approximate surface area is 163 Å². The topological polar surface area (TPSA) is 38.3 Å². The lowest BCUT2D eigenvalue weighted by molar-refractivity contribution is -0.128. The minimum absolute atomic E-state index is 0.00818. The van der Waals surface area contributed by atoms with E-state index in [0.717, 1.165) is 25.0 Å². The molecule has 0 saturated heterocycles. The summed E-state index contributed by atoms with van der Waals surface area (Å²) in [7, 11) is 0. The van der Waals surface area contributed by atoms with Crippen LogP contribution in [-0.2, 0) is 17.6 Å². The molecule has 0 aromatic heterocycles. The van der Waals surface area contributed by atoms with E-state index in [9.17, 15) is 4.79 Å². The number of rotatable bonds is 6. The second-order valence-electron chi connectivity index (χ2n) is 7.69. The number of benzene rings is 2. The number of hydrogen-bond acceptors (Lipinski definition) is 2. The molecule has 1 aliphatic carbocycles. The first-order chi connectivity index (χ1) is 13.0. The number of ether oxygens (including phenoxy) is 1. The minimum atomic E-state index is -0.516. The normalized spacial score (nSPS) is 15.6. The van der Waals surface area contributed by atoms with Gasteiger partial charge in [0.05, 0.1) is 6.04 Å². The number of carbonyl (C=O) groups is 1. The molecule has 3 rings (SSSR count). The highest BCUT2D eigenvalue weighted by molar-refractivity contribution is 5.81. The molecule has 0 heterocycles. The van der Waals surface area contributed by atoms with Crippen molar-refractivity contribution < 1.29 is 9.53 Å². The van der Waals surface area contributed by atoms with Gasteiger partial charge in [-0.05, 0) is 81.2 Å². The number of nitrogens with one attached hydrogen (secondary N) is 1. The summed E-state index contributed by atoms with van der Waals surface area (Å²) < 4.78 is 6.09. The minimum Gasteiger partial charge on any atom is -0.481 e. The largest absolute Gasteiger partial charge is 0.481 e. The second kappa shape index (κ2) is 8.60. The molecular formula is C24H31NO2. The van der Waals surface area contributed by atoms with E-state index in [2.05, 4.69) is 50.4 Å². The number of carbonyl (C=O) groups excluding carboxylic acids is 1. The average molecular weight is 366 g/mol. The maximum Gasteiger partial charge on any atom is 0.261 e. The van der Waals surface area contributed by atoms with E-state index in [4.69, 9.17) is 4.74 Å². The summed E-state index contributed by atoms with van der Waals surface area (Å²) >= 11 is 0. The summed E-state index contributed by atoms with van der Waals surface area (Å²) in [6.07, 6.45) is 4.91. The van der Waals surface area contributed by atoms with Gasteiger partial charge in [0, 0.05) is 0 Å². The molecule has 2 aromatic carbocycles. The second-order valence-corrected chi connectivity index (χ2v) is 7.69. The van der Waals surface area contributed by atoms with Gasteiger partial charge >= 0.3 is 0 Å². The van der Waals surface area contributed by atoms with E-state index in [1.165, 1.54) is 40.7 Å². The SMILES string of the molecule is CC[C@H](NC(=O)[C@H](C)Oc1cccc2c1CCCC2)c1ccc(C)cc1C. The van der Waals surface area contributed by atoms with Crippen LogP contribution in [0.15, 0.2) is 36.4 Å². The molecule has 0 saturated carbocycles. The monoisotopic (exact) mass is 365 g/mol. The molecule has 2 atom stereocenters. The molecule has 1 amide bonds. The molecule has 27 heavy (non-hydrogen) atoms. The van der Waals surface area contributed by atoms with E-state index in [-0.39, 0.29) is 11.9 Å². The van der Waals surface area contributed by atoms with Gasteiger partial charge < -0.3 is 10.1 Å². The first-order valence-electron chi connectivity index (χ1n) is 10.1. The number of fused-ring (bicyclic) bond motifs is 1. The fraction of sp³-hybridized carbons (Fsp3) is 0.458. The molecule has 0 radical (unpaired) electrons. The zero-order chi connectivity index (χ0) is 19.4. The zero-order valence-corrected chi connectivity index (χ0v) is 17.0. The van der Waals surface area contributed by atoms with E-state index >= 15 is 0 Å². The first-order valence-corrected chi connectivity index (χ1v) is 10.1. The van der Waals surface area contributed by atoms with Crippen LogP contribution in [-0.4, -0.2) is 12.0 Å². The van der Waals surface area contributed by atoms with Gasteiger partial charge in [-0.15, -0.1) is 0 Å². The van der Waals surface area contributed by atoms with Crippen LogP contribution >= 0.6 is 0 Å². The molecule has 3 heteroatoms. The predicted molar refractivity (Wildman–Crippen MR) is 110 cm³/mol. The average Bonchev–Trinajstić information content (AvgIpc) is 2.66. The summed E-state index contributed by atoms with van der Waals surface area (Å²) in [5.41, 5.74) is 6.29. The van der Waals surface area contributed by atoms with Crippen LogP contribution in [0.2, 0.25) is 0 Å². The van der Waals surface area contributed by atoms with Crippen LogP contribution in [0.1, 0.15) is 67.0 Å². The lowest BCUT2D eigenvalue weighted by Gasteiger charge is -2.24. The maximum atomic E-state index is 12.8. The van der Waals surface area contributed by atoms with Crippen LogP contribution in [0.25, 0.3) is 0 Å². The van der Waals surface area contributed by atoms with Crippen molar-refractivity contribution >= 4 is 5.91 Å². The molecule has 1 aliphatic rings. The van der Waals surface area contributed by atoms with Gasteiger partial charge in [0.1, 0.15) is 5.75 Å². The predicted octanol–water partition coefficient (Wildman–Crippen LogP) is 5.22. The van der Waals surface area contributed by atoms with E-state index in [1.54, 1.807) is 0 Å². The Morgan fingerprint density at radius 3 is 2.67 bits per heavy atom. The Morgan fingerprint density at radius 2 is 1.93 bits per heavy atom. The smallest absolute Gasteiger partial charge is 0.261 e. The molecule has 1 N–H and O–H groups in total. The maximum absolute atomic E-state index is 12.8. The van der Waals surface area contributed by atoms with E-state index < -0.39 is 6.10 Å². The third-order valence-corrected chi connectivity index (χ3v) is 5.55. The van der Waals surface area contributed by atoms with Crippen molar-refractivity contribution in [2.75, 3.05) is 0 Å². The van der Waals surface area contributed by atoms with Crippen molar-refractivity contribution in [2.24, 2.45) is 0 Å². The van der Waals surface area contributed by atoms with Crippen molar-refractivity contribution in [1.29, 1.82) is 0 Å². The highest BCUT2D eigenvalue weighted by Gasteiger charge is 2.22. The van der Waals surface area contributed by atoms with Crippen molar-refractivity contribution in [3.8, 4) is 5.75 Å². The highest BCUT2D eigenvalue weighted by Crippen LogP contribution is 2.30. The number of amides is 1. The Morgan fingerprint density at radius 1 is 1.15 bits per heavy atom. The fourth-order valence-corrected chi connectivity index (χ4v) is 4.01. The van der Waals surface area contributed by atoms with Crippen LogP contribution < -0.4 is 10.1 Å². The molecule has 0 fully saturated rings. The summed E-state index contributed by atoms with van der Waals surface area (Å²) in [5.74, 6) is 0.810. The van der Waals surface area contributed by atoms with Crippen molar-refractivity contribution in [2.45, 2.75) is 71.9 Å². The van der Waals surface area contributed by atoms with Gasteiger partial charge in [-0.2, -0.15) is 0 Å². The molecule has 0 spiro atoms. The molecular weight excluding hydrogens is 334 g/mol. The van der Waals surface area contributed by atoms with Crippen LogP contribution in [0, 0.1) is 13.8 Å². The lowest BCUT2D eigenvalue weighted by atomic mass is 9.91. The number of aryl methyl sites for hydroxylation is 3. The molecule has 0 aliphatic heterocycles. The van der Waals surface area contributed by atoms with Gasteiger partial charge in [0.25, 0.3) is 5.91 Å². The summed E-state index contributed by atoms with van der Waals surface area (Å²) in [4.78, 5) is 12.8. The third-order valence-electron chi connectivity index (χ3n) is 5.55. The van der Waals surface area contributed by atoms with E-state index in [1.807, 2.05) is 19.1 Å². The third kappa shape index (κ3) is 4.52. The molecule has 144 valence electrons. The summed E-state index contributed by atoms with van der Waals surface area (Å²) in [6, 6.07) is 12.6. The van der Waals surface area contributed by atoms with Crippen molar-refractivity contribution in [1.82, 2.24) is 5.32 Å². The Kier molecular flexibility index (Phi) is 6.20. The molecule has 0 bridgehead atoms. The van der Waals surface area contributed by atoms with Crippen LogP contribution in [0.3, 0.4) is 0 Å². The summed E-state index contributed by atoms with van der Waals surface area (Å²) in [5, 5.41) is 3.18. The van der Waals surface area contributed by atoms with Gasteiger partial charge in [0.2, 0.25) is 0 Å².